The van der Waals surface area contributed by atoms with Gasteiger partial charge < -0.3 is 14.8 Å². The lowest BCUT2D eigenvalue weighted by Gasteiger charge is -2.12. The van der Waals surface area contributed by atoms with Gasteiger partial charge in [0.25, 0.3) is 10.0 Å². The van der Waals surface area contributed by atoms with Crippen LogP contribution in [0.1, 0.15) is 5.56 Å². The number of amides is 1. The largest absolute Gasteiger partial charge is 0.493 e. The Morgan fingerprint density at radius 1 is 1.04 bits per heavy atom. The van der Waals surface area contributed by atoms with Gasteiger partial charge in [-0.3, -0.25) is 9.52 Å². The highest BCUT2D eigenvalue weighted by molar-refractivity contribution is 7.92. The third-order valence-electron chi connectivity index (χ3n) is 3.65. The summed E-state index contributed by atoms with van der Waals surface area (Å²) in [5.74, 6) is 0.660. The van der Waals surface area contributed by atoms with Crippen molar-refractivity contribution in [2.45, 2.75) is 11.3 Å². The Bertz CT molecular complexity index is 909. The van der Waals surface area contributed by atoms with Crippen molar-refractivity contribution in [2.75, 3.05) is 24.3 Å². The van der Waals surface area contributed by atoms with Crippen LogP contribution in [0.15, 0.2) is 41.3 Å². The Kier molecular flexibility index (Phi) is 4.06. The standard InChI is InChI=1S/C16H16N2O5S/c1-22-14-6-4-12(9-15(14)23-2)24(20,21)18-11-3-5-13-10(7-11)8-16(19)17-13/h3-7,9,18H,8H2,1-2H3,(H,17,19). The maximum atomic E-state index is 12.5. The number of sulfonamides is 1. The van der Waals surface area contributed by atoms with Crippen LogP contribution < -0.4 is 19.5 Å². The summed E-state index contributed by atoms with van der Waals surface area (Å²) >= 11 is 0. The molecule has 0 saturated carbocycles. The van der Waals surface area contributed by atoms with E-state index >= 15 is 0 Å². The van der Waals surface area contributed by atoms with Crippen LogP contribution in [0.3, 0.4) is 0 Å². The second-order valence-electron chi connectivity index (χ2n) is 5.22. The van der Waals surface area contributed by atoms with Gasteiger partial charge in [0.2, 0.25) is 5.91 Å². The number of hydrogen-bond acceptors (Lipinski definition) is 5. The highest BCUT2D eigenvalue weighted by Crippen LogP contribution is 2.31. The van der Waals surface area contributed by atoms with Crippen molar-refractivity contribution in [1.82, 2.24) is 0 Å². The molecule has 1 aliphatic rings. The molecule has 8 heteroatoms. The number of rotatable bonds is 5. The molecular weight excluding hydrogens is 332 g/mol. The molecular formula is C16H16N2O5S. The van der Waals surface area contributed by atoms with E-state index in [9.17, 15) is 13.2 Å². The number of hydrogen-bond donors (Lipinski definition) is 2. The monoisotopic (exact) mass is 348 g/mol. The Balaban J connectivity index is 1.89. The molecule has 24 heavy (non-hydrogen) atoms. The van der Waals surface area contributed by atoms with Crippen molar-refractivity contribution in [3.8, 4) is 11.5 Å². The quantitative estimate of drug-likeness (QED) is 0.862. The summed E-state index contributed by atoms with van der Waals surface area (Å²) in [6.45, 7) is 0. The van der Waals surface area contributed by atoms with Crippen molar-refractivity contribution in [3.63, 3.8) is 0 Å². The number of anilines is 2. The molecule has 1 aliphatic heterocycles. The number of ether oxygens (including phenoxy) is 2. The average Bonchev–Trinajstić information content (AvgIpc) is 2.93. The molecule has 7 nitrogen and oxygen atoms in total. The molecule has 1 amide bonds. The van der Waals surface area contributed by atoms with Crippen LogP contribution in [-0.4, -0.2) is 28.5 Å². The lowest BCUT2D eigenvalue weighted by Crippen LogP contribution is -2.13. The number of methoxy groups -OCH3 is 2. The Morgan fingerprint density at radius 3 is 2.50 bits per heavy atom. The fraction of sp³-hybridized carbons (Fsp3) is 0.188. The molecule has 3 rings (SSSR count). The summed E-state index contributed by atoms with van der Waals surface area (Å²) in [7, 11) is -0.880. The van der Waals surface area contributed by atoms with Crippen molar-refractivity contribution < 1.29 is 22.7 Å². The molecule has 0 atom stereocenters. The van der Waals surface area contributed by atoms with Crippen LogP contribution in [-0.2, 0) is 21.2 Å². The Morgan fingerprint density at radius 2 is 1.79 bits per heavy atom. The molecule has 2 N–H and O–H groups in total. The lowest BCUT2D eigenvalue weighted by atomic mass is 10.1. The van der Waals surface area contributed by atoms with E-state index in [-0.39, 0.29) is 17.2 Å². The molecule has 0 aromatic heterocycles. The molecule has 0 fully saturated rings. The molecule has 0 radical (unpaired) electrons. The first-order valence-corrected chi connectivity index (χ1v) is 8.59. The summed E-state index contributed by atoms with van der Waals surface area (Å²) in [4.78, 5) is 11.4. The van der Waals surface area contributed by atoms with E-state index in [1.165, 1.54) is 32.4 Å². The fourth-order valence-electron chi connectivity index (χ4n) is 2.49. The topological polar surface area (TPSA) is 93.7 Å². The van der Waals surface area contributed by atoms with Crippen LogP contribution in [0, 0.1) is 0 Å². The average molecular weight is 348 g/mol. The van der Waals surface area contributed by atoms with Crippen LogP contribution >= 0.6 is 0 Å². The summed E-state index contributed by atoms with van der Waals surface area (Å²) < 4.78 is 37.8. The zero-order valence-corrected chi connectivity index (χ0v) is 13.9. The number of carbonyl (C=O) groups is 1. The van der Waals surface area contributed by atoms with Crippen LogP contribution in [0.2, 0.25) is 0 Å². The minimum atomic E-state index is -3.79. The lowest BCUT2D eigenvalue weighted by molar-refractivity contribution is -0.115. The number of carbonyl (C=O) groups excluding carboxylic acids is 1. The Labute approximate surface area is 139 Å². The van der Waals surface area contributed by atoms with Gasteiger partial charge in [0.05, 0.1) is 25.5 Å². The van der Waals surface area contributed by atoms with Crippen molar-refractivity contribution in [2.24, 2.45) is 0 Å². The second-order valence-corrected chi connectivity index (χ2v) is 6.90. The summed E-state index contributed by atoms with van der Waals surface area (Å²) in [5.41, 5.74) is 1.85. The SMILES string of the molecule is COc1ccc(S(=O)(=O)Nc2ccc3c(c2)CC(=O)N3)cc1OC. The maximum absolute atomic E-state index is 12.5. The van der Waals surface area contributed by atoms with Crippen molar-refractivity contribution in [3.05, 3.63) is 42.0 Å². The van der Waals surface area contributed by atoms with Crippen molar-refractivity contribution >= 4 is 27.3 Å². The molecule has 126 valence electrons. The van der Waals surface area contributed by atoms with Gasteiger partial charge in [-0.05, 0) is 35.9 Å². The third-order valence-corrected chi connectivity index (χ3v) is 5.03. The van der Waals surface area contributed by atoms with E-state index in [0.717, 1.165) is 5.56 Å². The maximum Gasteiger partial charge on any atom is 0.262 e. The van der Waals surface area contributed by atoms with Gasteiger partial charge in [0.15, 0.2) is 11.5 Å². The van der Waals surface area contributed by atoms with Gasteiger partial charge >= 0.3 is 0 Å². The highest BCUT2D eigenvalue weighted by Gasteiger charge is 2.20. The zero-order valence-electron chi connectivity index (χ0n) is 13.1. The fourth-order valence-corrected chi connectivity index (χ4v) is 3.56. The molecule has 0 aliphatic carbocycles. The van der Waals surface area contributed by atoms with Gasteiger partial charge in [-0.2, -0.15) is 0 Å². The molecule has 2 aromatic rings. The minimum absolute atomic E-state index is 0.0508. The highest BCUT2D eigenvalue weighted by atomic mass is 32.2. The first-order valence-electron chi connectivity index (χ1n) is 7.10. The number of benzene rings is 2. The van der Waals surface area contributed by atoms with Gasteiger partial charge in [-0.1, -0.05) is 0 Å². The van der Waals surface area contributed by atoms with E-state index in [2.05, 4.69) is 10.0 Å². The predicted octanol–water partition coefficient (Wildman–Crippen LogP) is 2.00. The summed E-state index contributed by atoms with van der Waals surface area (Å²) in [6.07, 6.45) is 0.237. The van der Waals surface area contributed by atoms with E-state index in [4.69, 9.17) is 9.47 Å². The first-order chi connectivity index (χ1) is 11.4. The normalized spacial score (nSPS) is 13.2. The van der Waals surface area contributed by atoms with Gasteiger partial charge in [0.1, 0.15) is 0 Å². The second kappa shape index (κ2) is 6.04. The predicted molar refractivity (Wildman–Crippen MR) is 89.1 cm³/mol. The summed E-state index contributed by atoms with van der Waals surface area (Å²) in [6, 6.07) is 9.27. The smallest absolute Gasteiger partial charge is 0.262 e. The van der Waals surface area contributed by atoms with Crippen LogP contribution in [0.4, 0.5) is 11.4 Å². The van der Waals surface area contributed by atoms with E-state index in [1.807, 2.05) is 0 Å². The zero-order chi connectivity index (χ0) is 17.3. The first kappa shape index (κ1) is 16.1. The molecule has 0 bridgehead atoms. The van der Waals surface area contributed by atoms with Crippen molar-refractivity contribution in [1.29, 1.82) is 0 Å². The molecule has 2 aromatic carbocycles. The van der Waals surface area contributed by atoms with E-state index in [0.29, 0.717) is 22.9 Å². The minimum Gasteiger partial charge on any atom is -0.493 e. The van der Waals surface area contributed by atoms with Crippen LogP contribution in [0.25, 0.3) is 0 Å². The van der Waals surface area contributed by atoms with E-state index < -0.39 is 10.0 Å². The van der Waals surface area contributed by atoms with E-state index in [1.54, 1.807) is 18.2 Å². The Hall–Kier alpha value is -2.74. The van der Waals surface area contributed by atoms with Crippen LogP contribution in [0.5, 0.6) is 11.5 Å². The molecule has 0 spiro atoms. The number of fused-ring (bicyclic) bond motifs is 1. The van der Waals surface area contributed by atoms with Gasteiger partial charge in [-0.15, -0.1) is 0 Å². The third kappa shape index (κ3) is 3.00. The number of nitrogens with one attached hydrogen (secondary N) is 2. The molecule has 1 heterocycles. The summed E-state index contributed by atoms with van der Waals surface area (Å²) in [5, 5.41) is 2.70. The molecule has 0 saturated heterocycles. The molecule has 0 unspecified atom stereocenters. The van der Waals surface area contributed by atoms with Gasteiger partial charge in [-0.25, -0.2) is 8.42 Å². The van der Waals surface area contributed by atoms with Gasteiger partial charge in [0, 0.05) is 17.4 Å².